The van der Waals surface area contributed by atoms with Gasteiger partial charge in [-0.05, 0) is 62.2 Å². The Hall–Kier alpha value is -3.37. The third-order valence-electron chi connectivity index (χ3n) is 7.47. The first kappa shape index (κ1) is 26.2. The van der Waals surface area contributed by atoms with Crippen LogP contribution in [-0.4, -0.2) is 63.1 Å². The number of halogens is 1. The van der Waals surface area contributed by atoms with E-state index < -0.39 is 12.2 Å². The molecule has 38 heavy (non-hydrogen) atoms. The quantitative estimate of drug-likeness (QED) is 0.194. The van der Waals surface area contributed by atoms with Crippen LogP contribution in [0.5, 0.6) is 0 Å². The summed E-state index contributed by atoms with van der Waals surface area (Å²) in [6, 6.07) is 16.2. The first-order valence-electron chi connectivity index (χ1n) is 13.2. The molecular weight excluding hydrogens is 483 g/mol. The van der Waals surface area contributed by atoms with Crippen molar-refractivity contribution in [2.24, 2.45) is 5.92 Å². The summed E-state index contributed by atoms with van der Waals surface area (Å²) in [5, 5.41) is 29.4. The number of aliphatic hydroxyl groups is 2. The highest BCUT2D eigenvalue weighted by Gasteiger charge is 2.42. The highest BCUT2D eigenvalue weighted by Crippen LogP contribution is 2.40. The number of rotatable bonds is 11. The Labute approximate surface area is 221 Å². The molecule has 2 aromatic heterocycles. The van der Waals surface area contributed by atoms with Gasteiger partial charge in [-0.3, -0.25) is 0 Å². The SMILES string of the molecule is Nc1ncnc2c1c(-c1ccccc1)cn2[C@@H]1C[C@H](CNCCCNCCc2ccc(F)cc2)[C@@H](O)[C@H]1O. The largest absolute Gasteiger partial charge is 0.390 e. The lowest BCUT2D eigenvalue weighted by molar-refractivity contribution is 0.00695. The Kier molecular flexibility index (Phi) is 8.29. The average Bonchev–Trinajstić information content (AvgIpc) is 3.45. The number of nitrogens with one attached hydrogen (secondary N) is 2. The van der Waals surface area contributed by atoms with E-state index in [4.69, 9.17) is 5.73 Å². The van der Waals surface area contributed by atoms with Crippen molar-refractivity contribution < 1.29 is 14.6 Å². The summed E-state index contributed by atoms with van der Waals surface area (Å²) in [7, 11) is 0. The first-order chi connectivity index (χ1) is 18.5. The molecule has 0 amide bonds. The third-order valence-corrected chi connectivity index (χ3v) is 7.47. The molecule has 6 N–H and O–H groups in total. The number of hydrogen-bond acceptors (Lipinski definition) is 7. The molecule has 1 fully saturated rings. The summed E-state index contributed by atoms with van der Waals surface area (Å²) in [5.41, 5.74) is 9.93. The van der Waals surface area contributed by atoms with Crippen molar-refractivity contribution in [2.75, 3.05) is 31.9 Å². The van der Waals surface area contributed by atoms with Crippen molar-refractivity contribution in [3.63, 3.8) is 0 Å². The smallest absolute Gasteiger partial charge is 0.146 e. The fraction of sp³-hybridized carbons (Fsp3) is 0.379. The van der Waals surface area contributed by atoms with Crippen LogP contribution in [0, 0.1) is 11.7 Å². The molecule has 1 aliphatic carbocycles. The van der Waals surface area contributed by atoms with Gasteiger partial charge < -0.3 is 31.1 Å². The van der Waals surface area contributed by atoms with Crippen molar-refractivity contribution in [3.8, 4) is 11.1 Å². The molecule has 1 aliphatic rings. The summed E-state index contributed by atoms with van der Waals surface area (Å²) < 4.78 is 14.9. The summed E-state index contributed by atoms with van der Waals surface area (Å²) in [6.07, 6.45) is 4.08. The molecule has 0 radical (unpaired) electrons. The Bertz CT molecular complexity index is 1330. The van der Waals surface area contributed by atoms with Gasteiger partial charge in [0.25, 0.3) is 0 Å². The molecule has 4 atom stereocenters. The van der Waals surface area contributed by atoms with Gasteiger partial charge in [0.2, 0.25) is 0 Å². The van der Waals surface area contributed by atoms with E-state index in [1.165, 1.54) is 18.5 Å². The number of anilines is 1. The van der Waals surface area contributed by atoms with Crippen LogP contribution in [-0.2, 0) is 6.42 Å². The van der Waals surface area contributed by atoms with Crippen LogP contribution in [0.1, 0.15) is 24.4 Å². The van der Waals surface area contributed by atoms with E-state index in [0.717, 1.165) is 54.6 Å². The number of benzene rings is 2. The number of hydrogen-bond donors (Lipinski definition) is 5. The van der Waals surface area contributed by atoms with Gasteiger partial charge in [0.1, 0.15) is 29.7 Å². The molecule has 1 saturated carbocycles. The van der Waals surface area contributed by atoms with Crippen LogP contribution in [0.15, 0.2) is 67.1 Å². The second kappa shape index (κ2) is 12.0. The number of nitrogens with zero attached hydrogens (tertiary/aromatic N) is 3. The van der Waals surface area contributed by atoms with Crippen molar-refractivity contribution in [3.05, 3.63) is 78.5 Å². The number of nitrogen functional groups attached to an aromatic ring is 1. The van der Waals surface area contributed by atoms with Crippen LogP contribution < -0.4 is 16.4 Å². The number of nitrogens with two attached hydrogens (primary N) is 1. The molecule has 200 valence electrons. The standard InChI is InChI=1S/C29H35FN6O2/c30-22-9-7-19(8-10-22)11-14-32-12-4-13-33-16-21-15-24(27(38)26(21)37)36-17-23(20-5-2-1-3-6-20)25-28(31)34-18-35-29(25)36/h1-3,5-10,17-18,21,24,26-27,32-33,37-38H,4,11-16H2,(H2,31,34,35)/t21-,24-,26-,27+/m1/s1. The topological polar surface area (TPSA) is 121 Å². The van der Waals surface area contributed by atoms with E-state index in [1.54, 1.807) is 0 Å². The lowest BCUT2D eigenvalue weighted by Crippen LogP contribution is -2.34. The maximum atomic E-state index is 13.0. The fourth-order valence-corrected chi connectivity index (χ4v) is 5.41. The summed E-state index contributed by atoms with van der Waals surface area (Å²) >= 11 is 0. The molecule has 5 rings (SSSR count). The minimum atomic E-state index is -0.912. The normalized spacial score (nSPS) is 21.3. The molecule has 4 aromatic rings. The summed E-state index contributed by atoms with van der Waals surface area (Å²) in [4.78, 5) is 8.68. The molecule has 9 heteroatoms. The Balaban J connectivity index is 1.15. The minimum absolute atomic E-state index is 0.0850. The zero-order chi connectivity index (χ0) is 26.5. The predicted octanol–water partition coefficient (Wildman–Crippen LogP) is 2.91. The maximum absolute atomic E-state index is 13.0. The Morgan fingerprint density at radius 2 is 1.71 bits per heavy atom. The fourth-order valence-electron chi connectivity index (χ4n) is 5.41. The Morgan fingerprint density at radius 1 is 0.947 bits per heavy atom. The second-order valence-corrected chi connectivity index (χ2v) is 10.0. The lowest BCUT2D eigenvalue weighted by Gasteiger charge is -2.19. The molecule has 0 spiro atoms. The van der Waals surface area contributed by atoms with Gasteiger partial charge in [-0.25, -0.2) is 14.4 Å². The number of aliphatic hydroxyl groups excluding tert-OH is 2. The third kappa shape index (κ3) is 5.71. The van der Waals surface area contributed by atoms with Gasteiger partial charge in [0.05, 0.1) is 17.5 Å². The maximum Gasteiger partial charge on any atom is 0.146 e. The van der Waals surface area contributed by atoms with Gasteiger partial charge in [-0.15, -0.1) is 0 Å². The van der Waals surface area contributed by atoms with Crippen LogP contribution >= 0.6 is 0 Å². The van der Waals surface area contributed by atoms with Crippen molar-refractivity contribution >= 4 is 16.9 Å². The van der Waals surface area contributed by atoms with E-state index >= 15 is 0 Å². The van der Waals surface area contributed by atoms with E-state index in [-0.39, 0.29) is 17.8 Å². The molecule has 8 nitrogen and oxygen atoms in total. The van der Waals surface area contributed by atoms with Crippen LogP contribution in [0.3, 0.4) is 0 Å². The van der Waals surface area contributed by atoms with Crippen LogP contribution in [0.4, 0.5) is 10.2 Å². The van der Waals surface area contributed by atoms with E-state index in [1.807, 2.05) is 53.2 Å². The average molecular weight is 519 g/mol. The van der Waals surface area contributed by atoms with Crippen LogP contribution in [0.2, 0.25) is 0 Å². The summed E-state index contributed by atoms with van der Waals surface area (Å²) in [6.45, 7) is 3.13. The van der Waals surface area contributed by atoms with E-state index in [0.29, 0.717) is 24.4 Å². The van der Waals surface area contributed by atoms with E-state index in [9.17, 15) is 14.6 Å². The number of fused-ring (bicyclic) bond motifs is 1. The molecule has 2 heterocycles. The molecule has 2 aromatic carbocycles. The van der Waals surface area contributed by atoms with Crippen LogP contribution in [0.25, 0.3) is 22.2 Å². The minimum Gasteiger partial charge on any atom is -0.390 e. The van der Waals surface area contributed by atoms with Crippen molar-refractivity contribution in [2.45, 2.75) is 37.5 Å². The summed E-state index contributed by atoms with van der Waals surface area (Å²) in [5.74, 6) is 0.0969. The van der Waals surface area contributed by atoms with Crippen molar-refractivity contribution in [1.29, 1.82) is 0 Å². The van der Waals surface area contributed by atoms with Gasteiger partial charge in [0.15, 0.2) is 0 Å². The van der Waals surface area contributed by atoms with Gasteiger partial charge in [0, 0.05) is 24.2 Å². The first-order valence-corrected chi connectivity index (χ1v) is 13.2. The number of aromatic nitrogens is 3. The zero-order valence-corrected chi connectivity index (χ0v) is 21.3. The zero-order valence-electron chi connectivity index (χ0n) is 21.3. The molecule has 0 saturated heterocycles. The van der Waals surface area contributed by atoms with Gasteiger partial charge in [-0.2, -0.15) is 0 Å². The lowest BCUT2D eigenvalue weighted by atomic mass is 10.1. The second-order valence-electron chi connectivity index (χ2n) is 10.0. The highest BCUT2D eigenvalue weighted by atomic mass is 19.1. The van der Waals surface area contributed by atoms with Crippen molar-refractivity contribution in [1.82, 2.24) is 25.2 Å². The van der Waals surface area contributed by atoms with E-state index in [2.05, 4.69) is 20.6 Å². The molecular formula is C29H35FN6O2. The molecule has 0 aliphatic heterocycles. The van der Waals surface area contributed by atoms with Gasteiger partial charge in [-0.1, -0.05) is 42.5 Å². The van der Waals surface area contributed by atoms with Gasteiger partial charge >= 0.3 is 0 Å². The molecule has 0 bridgehead atoms. The predicted molar refractivity (Wildman–Crippen MR) is 147 cm³/mol. The Morgan fingerprint density at radius 3 is 2.50 bits per heavy atom. The monoisotopic (exact) mass is 518 g/mol. The molecule has 0 unspecified atom stereocenters. The highest BCUT2D eigenvalue weighted by molar-refractivity contribution is 6.00.